The van der Waals surface area contributed by atoms with Crippen molar-refractivity contribution < 1.29 is 27.4 Å². The lowest BCUT2D eigenvalue weighted by Gasteiger charge is -2.41. The molecule has 1 amide bonds. The SMILES string of the molecule is C[C@@H](COCCC(=O)N1CCN2c3ncc(C(F)(F)F)cc3OCC[C@@H]2C1)Nc1cn[nH]c(=O)c1C#N. The van der Waals surface area contributed by atoms with Crippen LogP contribution in [0.25, 0.3) is 0 Å². The van der Waals surface area contributed by atoms with Crippen LogP contribution in [0.5, 0.6) is 5.75 Å². The van der Waals surface area contributed by atoms with Gasteiger partial charge in [0.1, 0.15) is 11.6 Å². The number of rotatable bonds is 7. The number of aromatic nitrogens is 3. The predicted molar refractivity (Wildman–Crippen MR) is 125 cm³/mol. The third-order valence-corrected chi connectivity index (χ3v) is 6.17. The van der Waals surface area contributed by atoms with Crippen molar-refractivity contribution in [1.29, 1.82) is 5.26 Å². The number of H-pyrrole nitrogens is 1. The fraction of sp³-hybridized carbons (Fsp3) is 0.522. The van der Waals surface area contributed by atoms with Gasteiger partial charge in [-0.15, -0.1) is 0 Å². The smallest absolute Gasteiger partial charge is 0.418 e. The minimum Gasteiger partial charge on any atom is -0.490 e. The van der Waals surface area contributed by atoms with E-state index in [2.05, 4.69) is 20.5 Å². The van der Waals surface area contributed by atoms with E-state index in [9.17, 15) is 22.8 Å². The normalized spacial score (nSPS) is 18.1. The Morgan fingerprint density at radius 1 is 1.41 bits per heavy atom. The Morgan fingerprint density at radius 3 is 2.97 bits per heavy atom. The summed E-state index contributed by atoms with van der Waals surface area (Å²) in [6.45, 7) is 3.70. The lowest BCUT2D eigenvalue weighted by atomic mass is 10.1. The minimum absolute atomic E-state index is 0.0706. The van der Waals surface area contributed by atoms with Crippen molar-refractivity contribution >= 4 is 17.4 Å². The summed E-state index contributed by atoms with van der Waals surface area (Å²) in [4.78, 5) is 32.1. The van der Waals surface area contributed by atoms with Crippen molar-refractivity contribution in [2.45, 2.75) is 38.0 Å². The largest absolute Gasteiger partial charge is 0.490 e. The second-order valence-corrected chi connectivity index (χ2v) is 8.84. The molecule has 4 rings (SSSR count). The number of ether oxygens (including phenoxy) is 2. The van der Waals surface area contributed by atoms with Gasteiger partial charge >= 0.3 is 6.18 Å². The number of nitriles is 1. The highest BCUT2D eigenvalue weighted by atomic mass is 19.4. The topological polar surface area (TPSA) is 136 Å². The monoisotopic (exact) mass is 521 g/mol. The maximum absolute atomic E-state index is 13.1. The Balaban J connectivity index is 1.26. The lowest BCUT2D eigenvalue weighted by molar-refractivity contribution is -0.138. The highest BCUT2D eigenvalue weighted by molar-refractivity contribution is 5.76. The van der Waals surface area contributed by atoms with E-state index in [1.54, 1.807) is 11.8 Å². The molecule has 0 radical (unpaired) electrons. The molecule has 0 bridgehead atoms. The molecule has 0 aliphatic carbocycles. The molecule has 2 aliphatic heterocycles. The Morgan fingerprint density at radius 2 is 2.22 bits per heavy atom. The molecule has 198 valence electrons. The van der Waals surface area contributed by atoms with Crippen molar-refractivity contribution in [1.82, 2.24) is 20.1 Å². The molecule has 14 heteroatoms. The number of hydrogen-bond donors (Lipinski definition) is 2. The quantitative estimate of drug-likeness (QED) is 0.522. The van der Waals surface area contributed by atoms with Crippen molar-refractivity contribution in [2.75, 3.05) is 49.7 Å². The fourth-order valence-electron chi connectivity index (χ4n) is 4.33. The lowest BCUT2D eigenvalue weighted by Crippen LogP contribution is -2.55. The number of aromatic amines is 1. The van der Waals surface area contributed by atoms with Gasteiger partial charge in [-0.25, -0.2) is 10.1 Å². The first-order chi connectivity index (χ1) is 17.7. The van der Waals surface area contributed by atoms with E-state index in [4.69, 9.17) is 14.7 Å². The molecule has 4 heterocycles. The fourth-order valence-corrected chi connectivity index (χ4v) is 4.33. The Hall–Kier alpha value is -3.86. The summed E-state index contributed by atoms with van der Waals surface area (Å²) in [6.07, 6.45) is -1.64. The number of carbonyl (C=O) groups is 1. The highest BCUT2D eigenvalue weighted by Crippen LogP contribution is 2.38. The number of anilines is 2. The summed E-state index contributed by atoms with van der Waals surface area (Å²) < 4.78 is 50.3. The summed E-state index contributed by atoms with van der Waals surface area (Å²) in [5.74, 6) is 0.380. The molecule has 2 aromatic rings. The van der Waals surface area contributed by atoms with Crippen LogP contribution in [0, 0.1) is 11.3 Å². The number of fused-ring (bicyclic) bond motifs is 3. The van der Waals surface area contributed by atoms with Crippen LogP contribution in [0.4, 0.5) is 24.7 Å². The van der Waals surface area contributed by atoms with Crippen molar-refractivity contribution in [3.63, 3.8) is 0 Å². The third kappa shape index (κ3) is 6.11. The van der Waals surface area contributed by atoms with Crippen LogP contribution in [-0.2, 0) is 15.7 Å². The number of carbonyl (C=O) groups excluding carboxylic acids is 1. The predicted octanol–water partition coefficient (Wildman–Crippen LogP) is 1.76. The van der Waals surface area contributed by atoms with Crippen LogP contribution in [0.15, 0.2) is 23.3 Å². The zero-order chi connectivity index (χ0) is 26.6. The zero-order valence-corrected chi connectivity index (χ0v) is 20.0. The number of amides is 1. The Bertz CT molecular complexity index is 1230. The number of piperazine rings is 1. The van der Waals surface area contributed by atoms with E-state index >= 15 is 0 Å². The molecular formula is C23H26F3N7O4. The standard InChI is InChI=1S/C23H26F3N7O4/c1-14(30-18-11-29-31-22(35)17(18)9-27)13-36-6-3-20(34)32-4-5-33-16(12-32)2-7-37-19-8-15(23(24,25)26)10-28-21(19)33/h8,10-11,14,16H,2-7,12-13H2,1H3,(H2,30,31,35)/t14-,16+/m0/s1. The zero-order valence-electron chi connectivity index (χ0n) is 20.0. The molecule has 2 aromatic heterocycles. The van der Waals surface area contributed by atoms with E-state index in [1.807, 2.05) is 11.0 Å². The third-order valence-electron chi connectivity index (χ3n) is 6.17. The molecule has 2 aliphatic rings. The maximum atomic E-state index is 13.1. The second kappa shape index (κ2) is 11.0. The number of hydrogen-bond acceptors (Lipinski definition) is 9. The summed E-state index contributed by atoms with van der Waals surface area (Å²) >= 11 is 0. The van der Waals surface area contributed by atoms with E-state index in [0.29, 0.717) is 37.6 Å². The van der Waals surface area contributed by atoms with Gasteiger partial charge in [0.15, 0.2) is 11.6 Å². The number of halogens is 3. The van der Waals surface area contributed by atoms with Crippen molar-refractivity contribution in [2.24, 2.45) is 0 Å². The van der Waals surface area contributed by atoms with Crippen LogP contribution in [0.1, 0.15) is 30.9 Å². The first kappa shape index (κ1) is 26.2. The van der Waals surface area contributed by atoms with E-state index < -0.39 is 17.3 Å². The van der Waals surface area contributed by atoms with E-state index in [0.717, 1.165) is 12.3 Å². The molecule has 1 fully saturated rings. The Kier molecular flexibility index (Phi) is 7.82. The van der Waals surface area contributed by atoms with E-state index in [-0.39, 0.29) is 55.5 Å². The number of nitrogens with one attached hydrogen (secondary N) is 2. The van der Waals surface area contributed by atoms with Gasteiger partial charge in [-0.2, -0.15) is 23.5 Å². The number of nitrogens with zero attached hydrogens (tertiary/aromatic N) is 5. The summed E-state index contributed by atoms with van der Waals surface area (Å²) in [5, 5.41) is 18.0. The maximum Gasteiger partial charge on any atom is 0.418 e. The molecular weight excluding hydrogens is 495 g/mol. The molecule has 2 atom stereocenters. The molecule has 0 aromatic carbocycles. The molecule has 2 N–H and O–H groups in total. The van der Waals surface area contributed by atoms with Crippen LogP contribution in [0.3, 0.4) is 0 Å². The van der Waals surface area contributed by atoms with Crippen LogP contribution < -0.4 is 20.5 Å². The van der Waals surface area contributed by atoms with Gasteiger partial charge in [-0.1, -0.05) is 0 Å². The average Bonchev–Trinajstić information content (AvgIpc) is 3.04. The molecule has 11 nitrogen and oxygen atoms in total. The van der Waals surface area contributed by atoms with Gasteiger partial charge in [0.25, 0.3) is 5.56 Å². The first-order valence-corrected chi connectivity index (χ1v) is 11.7. The molecule has 0 unspecified atom stereocenters. The summed E-state index contributed by atoms with van der Waals surface area (Å²) in [6, 6.07) is 2.44. The molecule has 37 heavy (non-hydrogen) atoms. The van der Waals surface area contributed by atoms with Crippen molar-refractivity contribution in [3.8, 4) is 11.8 Å². The molecule has 0 spiro atoms. The van der Waals surface area contributed by atoms with Gasteiger partial charge in [0, 0.05) is 38.3 Å². The van der Waals surface area contributed by atoms with Crippen LogP contribution >= 0.6 is 0 Å². The molecule has 1 saturated heterocycles. The van der Waals surface area contributed by atoms with Gasteiger partial charge in [-0.3, -0.25) is 9.59 Å². The van der Waals surface area contributed by atoms with Crippen molar-refractivity contribution in [3.05, 3.63) is 39.9 Å². The Labute approximate surface area is 210 Å². The summed E-state index contributed by atoms with van der Waals surface area (Å²) in [7, 11) is 0. The first-order valence-electron chi connectivity index (χ1n) is 11.7. The summed E-state index contributed by atoms with van der Waals surface area (Å²) in [5.41, 5.74) is -1.22. The van der Waals surface area contributed by atoms with Gasteiger partial charge < -0.3 is 24.6 Å². The molecule has 0 saturated carbocycles. The second-order valence-electron chi connectivity index (χ2n) is 8.84. The van der Waals surface area contributed by atoms with E-state index in [1.165, 1.54) is 6.20 Å². The van der Waals surface area contributed by atoms with Crippen LogP contribution in [-0.4, -0.2) is 77.5 Å². The van der Waals surface area contributed by atoms with Gasteiger partial charge in [-0.05, 0) is 13.0 Å². The van der Waals surface area contributed by atoms with Gasteiger partial charge in [0.2, 0.25) is 5.91 Å². The minimum atomic E-state index is -4.50. The number of pyridine rings is 1. The average molecular weight is 522 g/mol. The number of alkyl halides is 3. The van der Waals surface area contributed by atoms with Gasteiger partial charge in [0.05, 0.1) is 49.7 Å². The highest BCUT2D eigenvalue weighted by Gasteiger charge is 2.36. The van der Waals surface area contributed by atoms with Crippen LogP contribution in [0.2, 0.25) is 0 Å².